The van der Waals surface area contributed by atoms with E-state index in [9.17, 15) is 4.79 Å². The predicted molar refractivity (Wildman–Crippen MR) is 129 cm³/mol. The van der Waals surface area contributed by atoms with Crippen molar-refractivity contribution in [2.45, 2.75) is 13.5 Å². The minimum Gasteiger partial charge on any atom is -0.342 e. The number of halogens is 3. The number of hydrazone groups is 1. The maximum absolute atomic E-state index is 12.4. The van der Waals surface area contributed by atoms with Crippen LogP contribution in [0.3, 0.4) is 0 Å². The molecule has 0 radical (unpaired) electrons. The van der Waals surface area contributed by atoms with Gasteiger partial charge >= 0.3 is 0 Å². The van der Waals surface area contributed by atoms with Crippen LogP contribution in [-0.2, 0) is 6.54 Å². The summed E-state index contributed by atoms with van der Waals surface area (Å²) in [5.41, 5.74) is 6.77. The highest BCUT2D eigenvalue weighted by molar-refractivity contribution is 6.35. The van der Waals surface area contributed by atoms with Gasteiger partial charge in [0.25, 0.3) is 5.91 Å². The number of hydrogen-bond donors (Lipinski definition) is 1. The number of rotatable bonds is 5. The number of aryl methyl sites for hydroxylation is 1. The van der Waals surface area contributed by atoms with E-state index in [0.717, 1.165) is 27.6 Å². The van der Waals surface area contributed by atoms with Crippen LogP contribution in [-0.4, -0.2) is 16.7 Å². The average molecular weight is 471 g/mol. The van der Waals surface area contributed by atoms with Gasteiger partial charge in [0, 0.05) is 39.3 Å². The number of aromatic nitrogens is 1. The standard InChI is InChI=1S/C24H18Cl3N3O/c1-15-6-9-20(22(27)10-15)24(31)29-28-12-17-14-30(23-5-3-2-4-19(17)23)13-16-7-8-18(25)11-21(16)26/h2-12,14H,13H2,1H3,(H,29,31)/b28-12-. The summed E-state index contributed by atoms with van der Waals surface area (Å²) in [7, 11) is 0. The van der Waals surface area contributed by atoms with Gasteiger partial charge < -0.3 is 4.57 Å². The number of nitrogens with zero attached hydrogens (tertiary/aromatic N) is 2. The van der Waals surface area contributed by atoms with Crippen LogP contribution in [0.15, 0.2) is 72.0 Å². The Kier molecular flexibility index (Phi) is 6.33. The van der Waals surface area contributed by atoms with E-state index >= 15 is 0 Å². The smallest absolute Gasteiger partial charge is 0.272 e. The van der Waals surface area contributed by atoms with Crippen LogP contribution >= 0.6 is 34.8 Å². The lowest BCUT2D eigenvalue weighted by atomic mass is 10.1. The van der Waals surface area contributed by atoms with Crippen LogP contribution in [0.5, 0.6) is 0 Å². The molecule has 1 aromatic heterocycles. The molecule has 0 fully saturated rings. The van der Waals surface area contributed by atoms with Crippen molar-refractivity contribution in [1.29, 1.82) is 0 Å². The second-order valence-corrected chi connectivity index (χ2v) is 8.40. The molecule has 156 valence electrons. The Balaban J connectivity index is 1.58. The molecular weight excluding hydrogens is 453 g/mol. The lowest BCUT2D eigenvalue weighted by Gasteiger charge is -2.08. The van der Waals surface area contributed by atoms with Gasteiger partial charge in [-0.3, -0.25) is 4.79 Å². The second-order valence-electron chi connectivity index (χ2n) is 7.15. The van der Waals surface area contributed by atoms with Crippen molar-refractivity contribution in [2.24, 2.45) is 5.10 Å². The van der Waals surface area contributed by atoms with Gasteiger partial charge in [-0.1, -0.05) is 65.1 Å². The summed E-state index contributed by atoms with van der Waals surface area (Å²) in [6.07, 6.45) is 3.60. The molecule has 0 saturated carbocycles. The van der Waals surface area contributed by atoms with Crippen molar-refractivity contribution in [3.05, 3.63) is 104 Å². The van der Waals surface area contributed by atoms with Crippen molar-refractivity contribution < 1.29 is 4.79 Å². The quantitative estimate of drug-likeness (QED) is 0.255. The number of nitrogens with one attached hydrogen (secondary N) is 1. The number of carbonyl (C=O) groups is 1. The van der Waals surface area contributed by atoms with E-state index in [1.165, 1.54) is 0 Å². The van der Waals surface area contributed by atoms with Crippen molar-refractivity contribution in [3.63, 3.8) is 0 Å². The third-order valence-electron chi connectivity index (χ3n) is 4.91. The highest BCUT2D eigenvalue weighted by Crippen LogP contribution is 2.25. The Labute approximate surface area is 195 Å². The van der Waals surface area contributed by atoms with Crippen molar-refractivity contribution in [2.75, 3.05) is 0 Å². The van der Waals surface area contributed by atoms with Gasteiger partial charge in [-0.2, -0.15) is 5.10 Å². The largest absolute Gasteiger partial charge is 0.342 e. The van der Waals surface area contributed by atoms with Gasteiger partial charge in [-0.15, -0.1) is 0 Å². The SMILES string of the molecule is Cc1ccc(C(=O)N/N=C\c2cn(Cc3ccc(Cl)cc3Cl)c3ccccc23)c(Cl)c1. The number of benzene rings is 3. The van der Waals surface area contributed by atoms with E-state index in [0.29, 0.717) is 27.2 Å². The molecule has 0 bridgehead atoms. The molecule has 0 spiro atoms. The van der Waals surface area contributed by atoms with Gasteiger partial charge in [-0.25, -0.2) is 5.43 Å². The normalized spacial score (nSPS) is 11.4. The maximum Gasteiger partial charge on any atom is 0.272 e. The number of para-hydroxylation sites is 1. The van der Waals surface area contributed by atoms with E-state index < -0.39 is 0 Å². The van der Waals surface area contributed by atoms with E-state index in [2.05, 4.69) is 15.1 Å². The Morgan fingerprint density at radius 2 is 1.84 bits per heavy atom. The van der Waals surface area contributed by atoms with Crippen LogP contribution in [0.25, 0.3) is 10.9 Å². The summed E-state index contributed by atoms with van der Waals surface area (Å²) in [5, 5.41) is 6.76. The van der Waals surface area contributed by atoms with Crippen LogP contribution < -0.4 is 5.43 Å². The van der Waals surface area contributed by atoms with E-state index in [1.807, 2.05) is 55.6 Å². The molecule has 3 aromatic carbocycles. The van der Waals surface area contributed by atoms with E-state index in [-0.39, 0.29) is 5.91 Å². The molecule has 0 aliphatic heterocycles. The van der Waals surface area contributed by atoms with Crippen molar-refractivity contribution in [1.82, 2.24) is 9.99 Å². The average Bonchev–Trinajstić information content (AvgIpc) is 3.08. The monoisotopic (exact) mass is 469 g/mol. The topological polar surface area (TPSA) is 46.4 Å². The first-order chi connectivity index (χ1) is 14.9. The molecule has 4 rings (SSSR count). The van der Waals surface area contributed by atoms with Crippen molar-refractivity contribution >= 4 is 57.8 Å². The zero-order chi connectivity index (χ0) is 22.0. The van der Waals surface area contributed by atoms with Gasteiger partial charge in [0.15, 0.2) is 0 Å². The molecule has 7 heteroatoms. The highest BCUT2D eigenvalue weighted by Gasteiger charge is 2.11. The summed E-state index contributed by atoms with van der Waals surface area (Å²) < 4.78 is 2.09. The number of hydrogen-bond acceptors (Lipinski definition) is 2. The molecule has 31 heavy (non-hydrogen) atoms. The fraction of sp³-hybridized carbons (Fsp3) is 0.0833. The number of amides is 1. The summed E-state index contributed by atoms with van der Waals surface area (Å²) in [5.74, 6) is -0.363. The van der Waals surface area contributed by atoms with Crippen LogP contribution in [0, 0.1) is 6.92 Å². The Bertz CT molecular complexity index is 1310. The second kappa shape index (κ2) is 9.15. The third-order valence-corrected chi connectivity index (χ3v) is 5.81. The molecule has 1 heterocycles. The summed E-state index contributed by atoms with van der Waals surface area (Å²) in [4.78, 5) is 12.4. The third kappa shape index (κ3) is 4.77. The number of fused-ring (bicyclic) bond motifs is 1. The predicted octanol–water partition coefficient (Wildman–Crippen LogP) is 6.72. The minimum atomic E-state index is -0.363. The Morgan fingerprint density at radius 1 is 1.03 bits per heavy atom. The van der Waals surface area contributed by atoms with Gasteiger partial charge in [-0.05, 0) is 48.4 Å². The van der Waals surface area contributed by atoms with Crippen LogP contribution in [0.1, 0.15) is 27.0 Å². The lowest BCUT2D eigenvalue weighted by Crippen LogP contribution is -2.18. The van der Waals surface area contributed by atoms with Gasteiger partial charge in [0.2, 0.25) is 0 Å². The Morgan fingerprint density at radius 3 is 2.61 bits per heavy atom. The lowest BCUT2D eigenvalue weighted by molar-refractivity contribution is 0.0955. The molecule has 4 aromatic rings. The fourth-order valence-corrected chi connectivity index (χ4v) is 4.16. The molecule has 0 aliphatic rings. The molecule has 0 aliphatic carbocycles. The zero-order valence-electron chi connectivity index (χ0n) is 16.6. The fourth-order valence-electron chi connectivity index (χ4n) is 3.37. The van der Waals surface area contributed by atoms with Crippen molar-refractivity contribution in [3.8, 4) is 0 Å². The maximum atomic E-state index is 12.4. The summed E-state index contributed by atoms with van der Waals surface area (Å²) >= 11 is 18.5. The molecule has 0 atom stereocenters. The Hall–Kier alpha value is -2.79. The summed E-state index contributed by atoms with van der Waals surface area (Å²) in [6, 6.07) is 18.7. The highest BCUT2D eigenvalue weighted by atomic mass is 35.5. The number of carbonyl (C=O) groups excluding carboxylic acids is 1. The molecular formula is C24H18Cl3N3O. The van der Waals surface area contributed by atoms with E-state index in [1.54, 1.807) is 24.4 Å². The molecule has 1 N–H and O–H groups in total. The molecule has 1 amide bonds. The zero-order valence-corrected chi connectivity index (χ0v) is 18.8. The minimum absolute atomic E-state index is 0.363. The van der Waals surface area contributed by atoms with Gasteiger partial charge in [0.1, 0.15) is 0 Å². The summed E-state index contributed by atoms with van der Waals surface area (Å²) in [6.45, 7) is 2.49. The first-order valence-electron chi connectivity index (χ1n) is 9.54. The molecule has 0 unspecified atom stereocenters. The van der Waals surface area contributed by atoms with Crippen LogP contribution in [0.2, 0.25) is 15.1 Å². The van der Waals surface area contributed by atoms with Gasteiger partial charge in [0.05, 0.1) is 16.8 Å². The first-order valence-corrected chi connectivity index (χ1v) is 10.7. The van der Waals surface area contributed by atoms with Crippen LogP contribution in [0.4, 0.5) is 0 Å². The molecule has 4 nitrogen and oxygen atoms in total. The first kappa shape index (κ1) is 21.4. The van der Waals surface area contributed by atoms with E-state index in [4.69, 9.17) is 34.8 Å². The molecule has 0 saturated heterocycles.